The quantitative estimate of drug-likeness (QED) is 0.803. The summed E-state index contributed by atoms with van der Waals surface area (Å²) in [7, 11) is 0. The molecule has 4 nitrogen and oxygen atoms in total. The molecule has 0 unspecified atom stereocenters. The van der Waals surface area contributed by atoms with Crippen molar-refractivity contribution < 1.29 is 4.79 Å². The lowest BCUT2D eigenvalue weighted by atomic mass is 10.2. The second-order valence-electron chi connectivity index (χ2n) is 3.00. The molecule has 5 heteroatoms. The highest BCUT2D eigenvalue weighted by Gasteiger charge is 2.23. The lowest BCUT2D eigenvalue weighted by Crippen LogP contribution is -2.31. The number of carbonyl (C=O) groups is 1. The lowest BCUT2D eigenvalue weighted by Gasteiger charge is -2.14. The van der Waals surface area contributed by atoms with Gasteiger partial charge in [0.2, 0.25) is 11.9 Å². The molecule has 0 radical (unpaired) electrons. The highest BCUT2D eigenvalue weighted by Crippen LogP contribution is 2.16. The van der Waals surface area contributed by atoms with Gasteiger partial charge in [0.15, 0.2) is 0 Å². The van der Waals surface area contributed by atoms with E-state index in [1.54, 1.807) is 32.3 Å². The maximum atomic E-state index is 11.4. The second kappa shape index (κ2) is 3.83. The number of anilines is 1. The molecule has 0 spiro atoms. The predicted molar refractivity (Wildman–Crippen MR) is 53.7 cm³/mol. The van der Waals surface area contributed by atoms with E-state index in [4.69, 9.17) is 0 Å². The molecule has 0 saturated heterocycles. The Labute approximate surface area is 84.9 Å². The van der Waals surface area contributed by atoms with Crippen LogP contribution in [0.1, 0.15) is 13.8 Å². The van der Waals surface area contributed by atoms with Gasteiger partial charge in [-0.3, -0.25) is 10.1 Å². The largest absolute Gasteiger partial charge is 0.293 e. The van der Waals surface area contributed by atoms with Crippen molar-refractivity contribution in [2.45, 2.75) is 18.2 Å². The van der Waals surface area contributed by atoms with Gasteiger partial charge in [0.1, 0.15) is 0 Å². The van der Waals surface area contributed by atoms with E-state index in [-0.39, 0.29) is 5.91 Å². The maximum Gasteiger partial charge on any atom is 0.243 e. The monoisotopic (exact) mass is 243 g/mol. The van der Waals surface area contributed by atoms with Gasteiger partial charge in [-0.25, -0.2) is 9.97 Å². The number of carbonyl (C=O) groups excluding carboxylic acids is 1. The van der Waals surface area contributed by atoms with Gasteiger partial charge in [-0.05, 0) is 19.9 Å². The van der Waals surface area contributed by atoms with Crippen LogP contribution >= 0.6 is 15.9 Å². The molecule has 1 rings (SSSR count). The van der Waals surface area contributed by atoms with Gasteiger partial charge in [-0.15, -0.1) is 0 Å². The number of hydrogen-bond donors (Lipinski definition) is 1. The molecule has 0 bridgehead atoms. The third-order valence-electron chi connectivity index (χ3n) is 1.33. The molecule has 1 heterocycles. The summed E-state index contributed by atoms with van der Waals surface area (Å²) in [5, 5.41) is 2.57. The Hall–Kier alpha value is -0.970. The number of nitrogens with one attached hydrogen (secondary N) is 1. The molecular formula is C8H10BrN3O. The Morgan fingerprint density at radius 3 is 2.46 bits per heavy atom. The topological polar surface area (TPSA) is 54.9 Å². The maximum absolute atomic E-state index is 11.4. The van der Waals surface area contributed by atoms with E-state index in [1.807, 2.05) is 0 Å². The van der Waals surface area contributed by atoms with Crippen LogP contribution < -0.4 is 5.32 Å². The van der Waals surface area contributed by atoms with E-state index in [1.165, 1.54) is 0 Å². The Kier molecular flexibility index (Phi) is 2.98. The van der Waals surface area contributed by atoms with E-state index >= 15 is 0 Å². The van der Waals surface area contributed by atoms with Crippen LogP contribution in [0.4, 0.5) is 5.95 Å². The number of alkyl halides is 1. The molecule has 0 aliphatic carbocycles. The zero-order chi connectivity index (χ0) is 9.90. The number of amides is 1. The number of aromatic nitrogens is 2. The Bertz CT molecular complexity index is 294. The van der Waals surface area contributed by atoms with E-state index in [2.05, 4.69) is 31.2 Å². The standard InChI is InChI=1S/C8H10BrN3O/c1-8(2,9)6(13)12-7-10-4-3-5-11-7/h3-5H,1-2H3,(H,10,11,12,13). The van der Waals surface area contributed by atoms with Crippen molar-refractivity contribution in [3.05, 3.63) is 18.5 Å². The predicted octanol–water partition coefficient (Wildman–Crippen LogP) is 1.59. The van der Waals surface area contributed by atoms with Gasteiger partial charge in [0.25, 0.3) is 0 Å². The van der Waals surface area contributed by atoms with Gasteiger partial charge < -0.3 is 0 Å². The number of hydrogen-bond acceptors (Lipinski definition) is 3. The smallest absolute Gasteiger partial charge is 0.243 e. The zero-order valence-corrected chi connectivity index (χ0v) is 9.00. The van der Waals surface area contributed by atoms with Crippen LogP contribution in [0.3, 0.4) is 0 Å². The van der Waals surface area contributed by atoms with Gasteiger partial charge in [0, 0.05) is 12.4 Å². The molecule has 13 heavy (non-hydrogen) atoms. The van der Waals surface area contributed by atoms with E-state index in [0.717, 1.165) is 0 Å². The van der Waals surface area contributed by atoms with E-state index < -0.39 is 4.32 Å². The summed E-state index contributed by atoms with van der Waals surface area (Å²) in [4.78, 5) is 19.1. The minimum Gasteiger partial charge on any atom is -0.293 e. The Morgan fingerprint density at radius 1 is 1.46 bits per heavy atom. The van der Waals surface area contributed by atoms with Crippen molar-refractivity contribution in [3.63, 3.8) is 0 Å². The van der Waals surface area contributed by atoms with Crippen molar-refractivity contribution in [1.82, 2.24) is 9.97 Å². The summed E-state index contributed by atoms with van der Waals surface area (Å²) >= 11 is 3.23. The first-order valence-corrected chi connectivity index (χ1v) is 4.57. The van der Waals surface area contributed by atoms with Gasteiger partial charge in [-0.1, -0.05) is 15.9 Å². The molecular weight excluding hydrogens is 234 g/mol. The molecule has 0 aliphatic heterocycles. The fraction of sp³-hybridized carbons (Fsp3) is 0.375. The molecule has 1 aromatic heterocycles. The Morgan fingerprint density at radius 2 is 2.00 bits per heavy atom. The molecule has 1 aromatic rings. The molecule has 0 fully saturated rings. The van der Waals surface area contributed by atoms with Crippen LogP contribution in [0.25, 0.3) is 0 Å². The summed E-state index contributed by atoms with van der Waals surface area (Å²) in [6, 6.07) is 1.69. The van der Waals surface area contributed by atoms with E-state index in [9.17, 15) is 4.79 Å². The molecule has 0 aliphatic rings. The average molecular weight is 244 g/mol. The SMILES string of the molecule is CC(C)(Br)C(=O)Nc1ncccn1. The second-order valence-corrected chi connectivity index (χ2v) is 4.98. The van der Waals surface area contributed by atoms with Crippen molar-refractivity contribution in [1.29, 1.82) is 0 Å². The van der Waals surface area contributed by atoms with Crippen LogP contribution in [0.5, 0.6) is 0 Å². The normalized spacial score (nSPS) is 11.0. The first kappa shape index (κ1) is 10.1. The molecule has 70 valence electrons. The van der Waals surface area contributed by atoms with Crippen LogP contribution in [-0.4, -0.2) is 20.2 Å². The van der Waals surface area contributed by atoms with Crippen molar-refractivity contribution in [2.75, 3.05) is 5.32 Å². The van der Waals surface area contributed by atoms with Crippen LogP contribution in [-0.2, 0) is 4.79 Å². The Balaban J connectivity index is 2.66. The summed E-state index contributed by atoms with van der Waals surface area (Å²) < 4.78 is -0.605. The van der Waals surface area contributed by atoms with Crippen molar-refractivity contribution in [2.24, 2.45) is 0 Å². The number of halogens is 1. The van der Waals surface area contributed by atoms with Crippen molar-refractivity contribution >= 4 is 27.8 Å². The van der Waals surface area contributed by atoms with Gasteiger partial charge in [-0.2, -0.15) is 0 Å². The molecule has 0 atom stereocenters. The summed E-state index contributed by atoms with van der Waals surface area (Å²) in [6.45, 7) is 3.51. The number of rotatable bonds is 2. The molecule has 1 N–H and O–H groups in total. The summed E-state index contributed by atoms with van der Waals surface area (Å²) in [6.07, 6.45) is 3.15. The first-order valence-electron chi connectivity index (χ1n) is 3.77. The van der Waals surface area contributed by atoms with Crippen LogP contribution in [0.15, 0.2) is 18.5 Å². The summed E-state index contributed by atoms with van der Waals surface area (Å²) in [5.41, 5.74) is 0. The van der Waals surface area contributed by atoms with Crippen molar-refractivity contribution in [3.8, 4) is 0 Å². The van der Waals surface area contributed by atoms with Gasteiger partial charge >= 0.3 is 0 Å². The molecule has 1 amide bonds. The molecule has 0 aromatic carbocycles. The van der Waals surface area contributed by atoms with E-state index in [0.29, 0.717) is 5.95 Å². The first-order chi connectivity index (χ1) is 6.00. The van der Waals surface area contributed by atoms with Gasteiger partial charge in [0.05, 0.1) is 4.32 Å². The number of nitrogens with zero attached hydrogens (tertiary/aromatic N) is 2. The summed E-state index contributed by atoms with van der Waals surface area (Å²) in [5.74, 6) is 0.152. The fourth-order valence-corrected chi connectivity index (χ4v) is 0.713. The highest BCUT2D eigenvalue weighted by molar-refractivity contribution is 9.10. The molecule has 0 saturated carbocycles. The highest BCUT2D eigenvalue weighted by atomic mass is 79.9. The van der Waals surface area contributed by atoms with Crippen LogP contribution in [0.2, 0.25) is 0 Å². The third-order valence-corrected chi connectivity index (χ3v) is 1.69. The third kappa shape index (κ3) is 3.10. The average Bonchev–Trinajstić information content (AvgIpc) is 2.04. The fourth-order valence-electron chi connectivity index (χ4n) is 0.614. The minimum atomic E-state index is -0.605. The lowest BCUT2D eigenvalue weighted by molar-refractivity contribution is -0.117. The van der Waals surface area contributed by atoms with Crippen LogP contribution in [0, 0.1) is 0 Å². The minimum absolute atomic E-state index is 0.168. The zero-order valence-electron chi connectivity index (χ0n) is 7.41.